The Labute approximate surface area is 193 Å². The molecule has 7 heteroatoms. The molecule has 1 aromatic rings. The van der Waals surface area contributed by atoms with Crippen molar-refractivity contribution in [3.05, 3.63) is 29.8 Å². The summed E-state index contributed by atoms with van der Waals surface area (Å²) in [6.07, 6.45) is 4.67. The van der Waals surface area contributed by atoms with Crippen LogP contribution in [0.3, 0.4) is 0 Å². The molecule has 0 bridgehead atoms. The van der Waals surface area contributed by atoms with E-state index < -0.39 is 0 Å². The van der Waals surface area contributed by atoms with Gasteiger partial charge in [0.1, 0.15) is 5.75 Å². The molecule has 1 aromatic carbocycles. The molecule has 1 unspecified atom stereocenters. The van der Waals surface area contributed by atoms with Crippen molar-refractivity contribution in [2.75, 3.05) is 59.5 Å². The highest BCUT2D eigenvalue weighted by molar-refractivity contribution is 5.94. The van der Waals surface area contributed by atoms with Gasteiger partial charge in [0.25, 0.3) is 5.91 Å². The van der Waals surface area contributed by atoms with Gasteiger partial charge in [-0.05, 0) is 56.1 Å². The Balaban J connectivity index is 1.57. The van der Waals surface area contributed by atoms with Crippen molar-refractivity contribution in [2.45, 2.75) is 45.6 Å². The van der Waals surface area contributed by atoms with Crippen LogP contribution >= 0.6 is 0 Å². The zero-order valence-corrected chi connectivity index (χ0v) is 20.0. The van der Waals surface area contributed by atoms with Crippen molar-refractivity contribution in [1.82, 2.24) is 20.0 Å². The first kappa shape index (κ1) is 24.5. The summed E-state index contributed by atoms with van der Waals surface area (Å²) >= 11 is 0. The van der Waals surface area contributed by atoms with Crippen LogP contribution in [0.1, 0.15) is 49.9 Å². The smallest absolute Gasteiger partial charge is 0.253 e. The first-order chi connectivity index (χ1) is 15.6. The molecule has 2 aliphatic rings. The van der Waals surface area contributed by atoms with Crippen molar-refractivity contribution in [1.29, 1.82) is 0 Å². The lowest BCUT2D eigenvalue weighted by molar-refractivity contribution is -0.129. The lowest BCUT2D eigenvalue weighted by Crippen LogP contribution is -2.58. The van der Waals surface area contributed by atoms with Gasteiger partial charge in [-0.3, -0.25) is 14.5 Å². The normalized spacial score (nSPS) is 18.7. The van der Waals surface area contributed by atoms with Gasteiger partial charge in [0.15, 0.2) is 0 Å². The molecule has 0 radical (unpaired) electrons. The van der Waals surface area contributed by atoms with Crippen molar-refractivity contribution in [2.24, 2.45) is 5.92 Å². The maximum Gasteiger partial charge on any atom is 0.253 e. The molecule has 1 saturated heterocycles. The van der Waals surface area contributed by atoms with E-state index >= 15 is 0 Å². The first-order valence-corrected chi connectivity index (χ1v) is 12.2. The van der Waals surface area contributed by atoms with E-state index in [9.17, 15) is 9.59 Å². The molecule has 3 rings (SSSR count). The van der Waals surface area contributed by atoms with E-state index in [0.29, 0.717) is 31.1 Å². The first-order valence-electron chi connectivity index (χ1n) is 12.2. The maximum atomic E-state index is 13.2. The minimum absolute atomic E-state index is 0.0494. The molecule has 178 valence electrons. The molecule has 1 saturated carbocycles. The van der Waals surface area contributed by atoms with Gasteiger partial charge in [0.05, 0.1) is 13.2 Å². The van der Waals surface area contributed by atoms with Gasteiger partial charge in [-0.25, -0.2) is 0 Å². The lowest BCUT2D eigenvalue weighted by atomic mass is 9.95. The number of piperazine rings is 1. The molecular weight excluding hydrogens is 404 g/mol. The van der Waals surface area contributed by atoms with Crippen LogP contribution < -0.4 is 10.1 Å². The number of likely N-dealkylation sites (N-methyl/N-ethyl adjacent to an activating group) is 1. The molecule has 7 nitrogen and oxygen atoms in total. The van der Waals surface area contributed by atoms with Crippen LogP contribution in [0.4, 0.5) is 0 Å². The van der Waals surface area contributed by atoms with Crippen LogP contribution in [0.2, 0.25) is 0 Å². The molecule has 1 atom stereocenters. The third-order valence-electron chi connectivity index (χ3n) is 7.07. The predicted molar refractivity (Wildman–Crippen MR) is 127 cm³/mol. The third kappa shape index (κ3) is 6.23. The number of nitrogens with one attached hydrogen (secondary N) is 1. The third-order valence-corrected chi connectivity index (χ3v) is 7.07. The number of carbonyl (C=O) groups is 2. The zero-order valence-electron chi connectivity index (χ0n) is 20.0. The number of hydrogen-bond donors (Lipinski definition) is 1. The summed E-state index contributed by atoms with van der Waals surface area (Å²) in [4.78, 5) is 32.7. The number of rotatable bonds is 10. The molecule has 1 heterocycles. The van der Waals surface area contributed by atoms with Gasteiger partial charge >= 0.3 is 0 Å². The summed E-state index contributed by atoms with van der Waals surface area (Å²) < 4.78 is 5.19. The van der Waals surface area contributed by atoms with E-state index in [2.05, 4.69) is 29.0 Å². The highest BCUT2D eigenvalue weighted by Crippen LogP contribution is 2.31. The quantitative estimate of drug-likeness (QED) is 0.601. The molecule has 2 amide bonds. The topological polar surface area (TPSA) is 65.1 Å². The average Bonchev–Trinajstić information content (AvgIpc) is 3.36. The number of amides is 2. The summed E-state index contributed by atoms with van der Waals surface area (Å²) in [5, 5.41) is 3.21. The van der Waals surface area contributed by atoms with Crippen molar-refractivity contribution >= 4 is 11.8 Å². The number of methoxy groups -OCH3 is 1. The summed E-state index contributed by atoms with van der Waals surface area (Å²) in [5.41, 5.74) is 0.681. The van der Waals surface area contributed by atoms with Crippen LogP contribution in [-0.2, 0) is 4.79 Å². The van der Waals surface area contributed by atoms with Crippen LogP contribution in [-0.4, -0.2) is 92.0 Å². The summed E-state index contributed by atoms with van der Waals surface area (Å²) in [5.74, 6) is 1.39. The van der Waals surface area contributed by atoms with Crippen LogP contribution in [0.15, 0.2) is 24.3 Å². The number of hydrogen-bond acceptors (Lipinski definition) is 5. The largest absolute Gasteiger partial charge is 0.497 e. The Bertz CT molecular complexity index is 721. The van der Waals surface area contributed by atoms with E-state index in [1.807, 2.05) is 29.2 Å². The number of carbonyl (C=O) groups excluding carboxylic acids is 2. The van der Waals surface area contributed by atoms with E-state index in [1.54, 1.807) is 7.11 Å². The fourth-order valence-electron chi connectivity index (χ4n) is 5.05. The highest BCUT2D eigenvalue weighted by Gasteiger charge is 2.37. The Morgan fingerprint density at radius 1 is 1.06 bits per heavy atom. The Hall–Kier alpha value is -2.12. The molecule has 0 aromatic heterocycles. The summed E-state index contributed by atoms with van der Waals surface area (Å²) in [6.45, 7) is 10.7. The summed E-state index contributed by atoms with van der Waals surface area (Å²) in [7, 11) is 1.62. The number of ether oxygens (including phenoxy) is 1. The van der Waals surface area contributed by atoms with Crippen molar-refractivity contribution in [3.8, 4) is 5.75 Å². The van der Waals surface area contributed by atoms with Crippen LogP contribution in [0, 0.1) is 5.92 Å². The summed E-state index contributed by atoms with van der Waals surface area (Å²) in [6, 6.07) is 7.20. The zero-order chi connectivity index (χ0) is 22.9. The minimum atomic E-state index is -0.0764. The standard InChI is InChI=1S/C25H40N4O3/c1-4-27(5-2)15-14-26-24(30)23(20-8-6-7-9-20)28-16-18-29(19-17-28)25(31)21-10-12-22(32-3)13-11-21/h10-13,20,23H,4-9,14-19H2,1-3H3,(H,26,30). The van der Waals surface area contributed by atoms with E-state index in [-0.39, 0.29) is 17.9 Å². The Morgan fingerprint density at radius 2 is 1.69 bits per heavy atom. The second-order valence-electron chi connectivity index (χ2n) is 8.86. The fourth-order valence-corrected chi connectivity index (χ4v) is 5.05. The van der Waals surface area contributed by atoms with Crippen LogP contribution in [0.5, 0.6) is 5.75 Å². The van der Waals surface area contributed by atoms with Gasteiger partial charge in [0.2, 0.25) is 5.91 Å². The molecule has 1 N–H and O–H groups in total. The minimum Gasteiger partial charge on any atom is -0.497 e. The average molecular weight is 445 g/mol. The number of benzene rings is 1. The van der Waals surface area contributed by atoms with Crippen LogP contribution in [0.25, 0.3) is 0 Å². The van der Waals surface area contributed by atoms with E-state index in [0.717, 1.165) is 51.3 Å². The van der Waals surface area contributed by atoms with Crippen molar-refractivity contribution in [3.63, 3.8) is 0 Å². The molecule has 1 aliphatic heterocycles. The molecule has 32 heavy (non-hydrogen) atoms. The predicted octanol–water partition coefficient (Wildman–Crippen LogP) is 2.47. The van der Waals surface area contributed by atoms with E-state index in [4.69, 9.17) is 4.74 Å². The van der Waals surface area contributed by atoms with Crippen molar-refractivity contribution < 1.29 is 14.3 Å². The van der Waals surface area contributed by atoms with Gasteiger partial charge < -0.3 is 19.9 Å². The SMILES string of the molecule is CCN(CC)CCNC(=O)C(C1CCCC1)N1CCN(C(=O)c2ccc(OC)cc2)CC1. The maximum absolute atomic E-state index is 13.2. The monoisotopic (exact) mass is 444 g/mol. The fraction of sp³-hybridized carbons (Fsp3) is 0.680. The molecular formula is C25H40N4O3. The highest BCUT2D eigenvalue weighted by atomic mass is 16.5. The van der Waals surface area contributed by atoms with Gasteiger partial charge in [-0.2, -0.15) is 0 Å². The number of nitrogens with zero attached hydrogens (tertiary/aromatic N) is 3. The molecule has 1 aliphatic carbocycles. The molecule has 2 fully saturated rings. The van der Waals surface area contributed by atoms with Gasteiger partial charge in [-0.15, -0.1) is 0 Å². The van der Waals surface area contributed by atoms with Gasteiger partial charge in [0, 0.05) is 44.8 Å². The second-order valence-corrected chi connectivity index (χ2v) is 8.86. The molecule has 0 spiro atoms. The second kappa shape index (κ2) is 12.2. The Kier molecular flexibility index (Phi) is 9.36. The van der Waals surface area contributed by atoms with E-state index in [1.165, 1.54) is 12.8 Å². The van der Waals surface area contributed by atoms with Gasteiger partial charge in [-0.1, -0.05) is 26.7 Å². The lowest BCUT2D eigenvalue weighted by Gasteiger charge is -2.40. The Morgan fingerprint density at radius 3 is 2.25 bits per heavy atom.